The Hall–Kier alpha value is -2.40. The average molecular weight is 373 g/mol. The first-order chi connectivity index (χ1) is 12.5. The molecule has 0 aromatic heterocycles. The first-order valence-electron chi connectivity index (χ1n) is 8.83. The molecule has 2 aromatic rings. The molecular formula is C20H25ClN4O. The van der Waals surface area contributed by atoms with E-state index in [1.807, 2.05) is 55.4 Å². The molecule has 0 spiro atoms. The monoisotopic (exact) mass is 372 g/mol. The van der Waals surface area contributed by atoms with Gasteiger partial charge in [0.15, 0.2) is 0 Å². The first kappa shape index (κ1) is 18.4. The van der Waals surface area contributed by atoms with Crippen LogP contribution in [0.15, 0.2) is 48.5 Å². The highest BCUT2D eigenvalue weighted by atomic mass is 35.5. The van der Waals surface area contributed by atoms with Gasteiger partial charge >= 0.3 is 6.03 Å². The number of carbonyl (C=O) groups excluding carboxylic acids is 1. The average Bonchev–Trinajstić information content (AvgIpc) is 2.67. The van der Waals surface area contributed by atoms with Gasteiger partial charge in [-0.15, -0.1) is 0 Å². The second kappa shape index (κ2) is 8.32. The van der Waals surface area contributed by atoms with Crippen LogP contribution in [-0.2, 0) is 6.54 Å². The van der Waals surface area contributed by atoms with E-state index in [1.165, 1.54) is 0 Å². The van der Waals surface area contributed by atoms with E-state index in [-0.39, 0.29) is 6.03 Å². The Morgan fingerprint density at radius 3 is 2.50 bits per heavy atom. The van der Waals surface area contributed by atoms with Crippen molar-refractivity contribution in [3.63, 3.8) is 0 Å². The van der Waals surface area contributed by atoms with Gasteiger partial charge in [0.2, 0.25) is 0 Å². The lowest BCUT2D eigenvalue weighted by Crippen LogP contribution is -2.51. The van der Waals surface area contributed by atoms with Crippen LogP contribution >= 0.6 is 11.6 Å². The van der Waals surface area contributed by atoms with Gasteiger partial charge in [-0.05, 0) is 29.8 Å². The molecule has 138 valence electrons. The van der Waals surface area contributed by atoms with Crippen LogP contribution in [0.1, 0.15) is 5.56 Å². The standard InChI is InChI=1S/C20H25ClN4O/c1-23(2)17-7-5-6-16(14-17)15-22-20(26)25-12-10-24(11-13-25)19-9-4-3-8-18(19)21/h3-9,14H,10-13,15H2,1-2H3,(H,22,26). The van der Waals surface area contributed by atoms with Crippen LogP contribution in [0.3, 0.4) is 0 Å². The fourth-order valence-corrected chi connectivity index (χ4v) is 3.35. The number of anilines is 2. The summed E-state index contributed by atoms with van der Waals surface area (Å²) in [5, 5.41) is 3.78. The van der Waals surface area contributed by atoms with Crippen LogP contribution in [0.4, 0.5) is 16.2 Å². The van der Waals surface area contributed by atoms with Crippen molar-refractivity contribution in [2.75, 3.05) is 50.1 Å². The molecule has 1 saturated heterocycles. The quantitative estimate of drug-likeness (QED) is 0.893. The molecule has 0 saturated carbocycles. The van der Waals surface area contributed by atoms with Gasteiger partial charge in [0.05, 0.1) is 10.7 Å². The molecule has 1 fully saturated rings. The van der Waals surface area contributed by atoms with Crippen LogP contribution in [0.5, 0.6) is 0 Å². The molecule has 0 radical (unpaired) electrons. The van der Waals surface area contributed by atoms with Crippen molar-refractivity contribution >= 4 is 29.0 Å². The van der Waals surface area contributed by atoms with Crippen molar-refractivity contribution in [1.82, 2.24) is 10.2 Å². The molecule has 5 nitrogen and oxygen atoms in total. The summed E-state index contributed by atoms with van der Waals surface area (Å²) in [7, 11) is 4.02. The minimum atomic E-state index is -0.0148. The molecule has 26 heavy (non-hydrogen) atoms. The number of amides is 2. The molecule has 0 atom stereocenters. The van der Waals surface area contributed by atoms with E-state index in [4.69, 9.17) is 11.6 Å². The Balaban J connectivity index is 1.51. The number of para-hydroxylation sites is 1. The van der Waals surface area contributed by atoms with Crippen LogP contribution < -0.4 is 15.1 Å². The van der Waals surface area contributed by atoms with Crippen molar-refractivity contribution < 1.29 is 4.79 Å². The maximum absolute atomic E-state index is 12.5. The zero-order valence-electron chi connectivity index (χ0n) is 15.3. The van der Waals surface area contributed by atoms with E-state index in [2.05, 4.69) is 27.2 Å². The molecule has 1 aliphatic heterocycles. The second-order valence-electron chi connectivity index (χ2n) is 6.65. The predicted molar refractivity (Wildman–Crippen MR) is 108 cm³/mol. The van der Waals surface area contributed by atoms with Crippen LogP contribution in [0.25, 0.3) is 0 Å². The lowest BCUT2D eigenvalue weighted by molar-refractivity contribution is 0.194. The number of halogens is 1. The van der Waals surface area contributed by atoms with Crippen molar-refractivity contribution in [3.05, 3.63) is 59.1 Å². The highest BCUT2D eigenvalue weighted by molar-refractivity contribution is 6.33. The van der Waals surface area contributed by atoms with Gasteiger partial charge in [0.1, 0.15) is 0 Å². The number of nitrogens with one attached hydrogen (secondary N) is 1. The molecule has 0 unspecified atom stereocenters. The largest absolute Gasteiger partial charge is 0.378 e. The summed E-state index contributed by atoms with van der Waals surface area (Å²) >= 11 is 6.27. The summed E-state index contributed by atoms with van der Waals surface area (Å²) in [5.41, 5.74) is 3.26. The molecule has 1 aliphatic rings. The summed E-state index contributed by atoms with van der Waals surface area (Å²) in [6.07, 6.45) is 0. The van der Waals surface area contributed by atoms with Gasteiger partial charge in [-0.1, -0.05) is 35.9 Å². The summed E-state index contributed by atoms with van der Waals surface area (Å²) in [4.78, 5) is 18.6. The van der Waals surface area contributed by atoms with Crippen molar-refractivity contribution in [2.24, 2.45) is 0 Å². The summed E-state index contributed by atoms with van der Waals surface area (Å²) in [5.74, 6) is 0. The normalized spacial score (nSPS) is 14.3. The third-order valence-corrected chi connectivity index (χ3v) is 4.95. The number of rotatable bonds is 4. The van der Waals surface area contributed by atoms with Crippen LogP contribution in [0.2, 0.25) is 5.02 Å². The van der Waals surface area contributed by atoms with Gasteiger partial charge in [-0.25, -0.2) is 4.79 Å². The zero-order chi connectivity index (χ0) is 18.5. The number of hydrogen-bond donors (Lipinski definition) is 1. The van der Waals surface area contributed by atoms with Crippen LogP contribution in [0, 0.1) is 0 Å². The van der Waals surface area contributed by atoms with E-state index in [0.29, 0.717) is 19.6 Å². The fourth-order valence-electron chi connectivity index (χ4n) is 3.09. The topological polar surface area (TPSA) is 38.8 Å². The lowest BCUT2D eigenvalue weighted by atomic mass is 10.2. The number of urea groups is 1. The molecule has 0 aliphatic carbocycles. The maximum atomic E-state index is 12.5. The third-order valence-electron chi connectivity index (χ3n) is 4.63. The van der Waals surface area contributed by atoms with Crippen LogP contribution in [-0.4, -0.2) is 51.2 Å². The lowest BCUT2D eigenvalue weighted by Gasteiger charge is -2.36. The summed E-state index contributed by atoms with van der Waals surface area (Å²) in [6, 6.07) is 16.0. The summed E-state index contributed by atoms with van der Waals surface area (Å²) in [6.45, 7) is 3.48. The molecular weight excluding hydrogens is 348 g/mol. The van der Waals surface area contributed by atoms with Gasteiger partial charge in [-0.3, -0.25) is 0 Å². The third kappa shape index (κ3) is 4.41. The SMILES string of the molecule is CN(C)c1cccc(CNC(=O)N2CCN(c3ccccc3Cl)CC2)c1. The van der Waals surface area contributed by atoms with Crippen molar-refractivity contribution in [3.8, 4) is 0 Å². The Kier molecular flexibility index (Phi) is 5.89. The van der Waals surface area contributed by atoms with Crippen molar-refractivity contribution in [2.45, 2.75) is 6.54 Å². The molecule has 2 amide bonds. The molecule has 1 N–H and O–H groups in total. The Morgan fingerprint density at radius 1 is 1.08 bits per heavy atom. The molecule has 1 heterocycles. The summed E-state index contributed by atoms with van der Waals surface area (Å²) < 4.78 is 0. The smallest absolute Gasteiger partial charge is 0.317 e. The first-order valence-corrected chi connectivity index (χ1v) is 9.21. The van der Waals surface area contributed by atoms with E-state index in [0.717, 1.165) is 35.1 Å². The Morgan fingerprint density at radius 2 is 1.81 bits per heavy atom. The van der Waals surface area contributed by atoms with Gasteiger partial charge in [-0.2, -0.15) is 0 Å². The minimum Gasteiger partial charge on any atom is -0.378 e. The number of hydrogen-bond acceptors (Lipinski definition) is 3. The maximum Gasteiger partial charge on any atom is 0.317 e. The van der Waals surface area contributed by atoms with Gasteiger partial charge < -0.3 is 20.0 Å². The number of carbonyl (C=O) groups is 1. The highest BCUT2D eigenvalue weighted by Crippen LogP contribution is 2.26. The molecule has 3 rings (SSSR count). The van der Waals surface area contributed by atoms with E-state index in [9.17, 15) is 4.79 Å². The number of nitrogens with zero attached hydrogens (tertiary/aromatic N) is 3. The molecule has 6 heteroatoms. The number of benzene rings is 2. The van der Waals surface area contributed by atoms with E-state index >= 15 is 0 Å². The fraction of sp³-hybridized carbons (Fsp3) is 0.350. The van der Waals surface area contributed by atoms with Gasteiger partial charge in [0, 0.05) is 52.5 Å². The second-order valence-corrected chi connectivity index (χ2v) is 7.06. The number of piperazine rings is 1. The van der Waals surface area contributed by atoms with E-state index in [1.54, 1.807) is 0 Å². The highest BCUT2D eigenvalue weighted by Gasteiger charge is 2.22. The van der Waals surface area contributed by atoms with E-state index < -0.39 is 0 Å². The van der Waals surface area contributed by atoms with Crippen molar-refractivity contribution in [1.29, 1.82) is 0 Å². The van der Waals surface area contributed by atoms with Gasteiger partial charge in [0.25, 0.3) is 0 Å². The molecule has 2 aromatic carbocycles. The Labute approximate surface area is 160 Å². The zero-order valence-corrected chi connectivity index (χ0v) is 16.0. The minimum absolute atomic E-state index is 0.0148. The predicted octanol–water partition coefficient (Wildman–Crippen LogP) is 3.44. The Bertz CT molecular complexity index is 757. The molecule has 0 bridgehead atoms.